The molecule has 0 amide bonds. The van der Waals surface area contributed by atoms with Gasteiger partial charge in [-0.3, -0.25) is 0 Å². The maximum Gasteiger partial charge on any atom is 0.158 e. The molecule has 0 aliphatic heterocycles. The van der Waals surface area contributed by atoms with Gasteiger partial charge in [0.15, 0.2) is 2.14 Å². The number of halogens is 9. The number of alkyl halides is 4. The third-order valence-electron chi connectivity index (χ3n) is 3.12. The van der Waals surface area contributed by atoms with Crippen molar-refractivity contribution in [2.24, 2.45) is 0 Å². The molecule has 2 rings (SSSR count). The lowest BCUT2D eigenvalue weighted by molar-refractivity contribution is 0.818. The Morgan fingerprint density at radius 2 is 0.957 bits per heavy atom. The highest BCUT2D eigenvalue weighted by molar-refractivity contribution is 9.40. The maximum absolute atomic E-state index is 3.96. The first-order valence-corrected chi connectivity index (χ1v) is 13.0. The molecule has 9 heteroatoms. The van der Waals surface area contributed by atoms with Gasteiger partial charge >= 0.3 is 0 Å². The van der Waals surface area contributed by atoms with Crippen molar-refractivity contribution >= 4 is 143 Å². The topological polar surface area (TPSA) is 0 Å². The van der Waals surface area contributed by atoms with Crippen LogP contribution in [0.5, 0.6) is 0 Å². The zero-order valence-electron chi connectivity index (χ0n) is 10.8. The zero-order valence-corrected chi connectivity index (χ0v) is 25.1. The molecule has 0 nitrogen and oxygen atoms in total. The van der Waals surface area contributed by atoms with Crippen molar-refractivity contribution < 1.29 is 0 Å². The Hall–Kier alpha value is 2.76. The summed E-state index contributed by atoms with van der Waals surface area (Å²) in [6.45, 7) is 0. The fourth-order valence-corrected chi connectivity index (χ4v) is 8.14. The molecule has 0 radical (unpaired) electrons. The molecule has 0 aliphatic rings. The Kier molecular flexibility index (Phi) is 8.07. The van der Waals surface area contributed by atoms with Crippen LogP contribution in [0.25, 0.3) is 0 Å². The highest BCUT2D eigenvalue weighted by atomic mass is 80.0. The highest BCUT2D eigenvalue weighted by Crippen LogP contribution is 2.63. The number of benzene rings is 2. The van der Waals surface area contributed by atoms with Crippen LogP contribution >= 0.6 is 143 Å². The summed E-state index contributed by atoms with van der Waals surface area (Å²) in [6, 6.07) is 10.1. The summed E-state index contributed by atoms with van der Waals surface area (Å²) in [5, 5.41) is 0. The molecule has 0 saturated carbocycles. The second-order valence-corrected chi connectivity index (χ2v) is 16.4. The van der Waals surface area contributed by atoms with Crippen LogP contribution in [0.2, 0.25) is 0 Å². The van der Waals surface area contributed by atoms with E-state index in [4.69, 9.17) is 0 Å². The first-order chi connectivity index (χ1) is 10.5. The summed E-state index contributed by atoms with van der Waals surface area (Å²) < 4.78 is 3.32. The van der Waals surface area contributed by atoms with E-state index in [1.54, 1.807) is 0 Å². The van der Waals surface area contributed by atoms with E-state index in [0.29, 0.717) is 0 Å². The highest BCUT2D eigenvalue weighted by Gasteiger charge is 2.50. The molecule has 2 aromatic rings. The van der Waals surface area contributed by atoms with Crippen LogP contribution in [0.3, 0.4) is 0 Å². The minimum absolute atomic E-state index is 0.634. The molecule has 1 unspecified atom stereocenters. The normalized spacial score (nSPS) is 14.7. The standard InChI is InChI=1S/C14H5Br9/c15-8-7(9(16)11(18)12(19)10(8)17)13(20,14(21,22)23)6-4-2-1-3-5-6/h1-5H. The van der Waals surface area contributed by atoms with Gasteiger partial charge < -0.3 is 0 Å². The van der Waals surface area contributed by atoms with Crippen LogP contribution < -0.4 is 0 Å². The molecule has 0 N–H and O–H groups in total. The summed E-state index contributed by atoms with van der Waals surface area (Å²) in [6.07, 6.45) is 0. The third-order valence-corrected chi connectivity index (χ3v) is 14.0. The van der Waals surface area contributed by atoms with E-state index in [1.165, 1.54) is 0 Å². The lowest BCUT2D eigenvalue weighted by atomic mass is 9.92. The molecule has 124 valence electrons. The van der Waals surface area contributed by atoms with Gasteiger partial charge in [0.25, 0.3) is 0 Å². The number of hydrogen-bond donors (Lipinski definition) is 0. The van der Waals surface area contributed by atoms with Crippen LogP contribution in [-0.4, -0.2) is 2.14 Å². The zero-order chi connectivity index (χ0) is 17.6. The Morgan fingerprint density at radius 3 is 1.35 bits per heavy atom. The largest absolute Gasteiger partial charge is 0.158 e. The molecular weight excluding hydrogens is 887 g/mol. The van der Waals surface area contributed by atoms with Gasteiger partial charge in [-0.1, -0.05) is 94.1 Å². The van der Waals surface area contributed by atoms with Gasteiger partial charge in [-0.15, -0.1) is 0 Å². The fourth-order valence-electron chi connectivity index (χ4n) is 2.02. The van der Waals surface area contributed by atoms with E-state index >= 15 is 0 Å². The molecule has 0 aromatic heterocycles. The van der Waals surface area contributed by atoms with Crippen LogP contribution in [0.15, 0.2) is 52.7 Å². The Balaban J connectivity index is 2.94. The van der Waals surface area contributed by atoms with Crippen LogP contribution in [0, 0.1) is 0 Å². The van der Waals surface area contributed by atoms with Crippen molar-refractivity contribution in [2.45, 2.75) is 6.47 Å². The predicted octanol–water partition coefficient (Wildman–Crippen LogP) is 9.98. The fraction of sp³-hybridized carbons (Fsp3) is 0.143. The maximum atomic E-state index is 3.96. The smallest absolute Gasteiger partial charge is 0.0713 e. The summed E-state index contributed by atoms with van der Waals surface area (Å²) in [5.41, 5.74) is 2.06. The minimum Gasteiger partial charge on any atom is -0.0713 e. The van der Waals surface area contributed by atoms with Gasteiger partial charge in [-0.05, 0) is 85.2 Å². The van der Waals surface area contributed by atoms with Gasteiger partial charge in [-0.2, -0.15) is 0 Å². The molecule has 0 bridgehead atoms. The molecular formula is C14H5Br9. The Morgan fingerprint density at radius 1 is 0.565 bits per heavy atom. The molecule has 23 heavy (non-hydrogen) atoms. The van der Waals surface area contributed by atoms with Crippen LogP contribution in [0.4, 0.5) is 0 Å². The van der Waals surface area contributed by atoms with Gasteiger partial charge in [0.05, 0.1) is 0 Å². The van der Waals surface area contributed by atoms with Gasteiger partial charge in [-0.25, -0.2) is 0 Å². The molecule has 0 saturated heterocycles. The quantitative estimate of drug-likeness (QED) is 0.160. The van der Waals surface area contributed by atoms with E-state index in [-0.39, 0.29) is 0 Å². The third kappa shape index (κ3) is 4.13. The van der Waals surface area contributed by atoms with E-state index in [1.807, 2.05) is 18.2 Å². The summed E-state index contributed by atoms with van der Waals surface area (Å²) in [4.78, 5) is 0. The Bertz CT molecular complexity index is 707. The van der Waals surface area contributed by atoms with E-state index < -0.39 is 6.47 Å². The number of rotatable bonds is 2. The lowest BCUT2D eigenvalue weighted by Crippen LogP contribution is -2.35. The average Bonchev–Trinajstić information content (AvgIpc) is 2.50. The van der Waals surface area contributed by atoms with Crippen molar-refractivity contribution in [1.29, 1.82) is 0 Å². The van der Waals surface area contributed by atoms with Crippen LogP contribution in [-0.2, 0) is 4.32 Å². The molecule has 0 spiro atoms. The summed E-state index contributed by atoms with van der Waals surface area (Å²) in [7, 11) is 0. The molecule has 1 atom stereocenters. The van der Waals surface area contributed by atoms with Gasteiger partial charge in [0.2, 0.25) is 0 Å². The first-order valence-electron chi connectivity index (χ1n) is 5.86. The Labute approximate surface area is 210 Å². The van der Waals surface area contributed by atoms with Gasteiger partial charge in [0.1, 0.15) is 4.32 Å². The second-order valence-electron chi connectivity index (χ2n) is 4.47. The monoisotopic (exact) mass is 883 g/mol. The van der Waals surface area contributed by atoms with Crippen LogP contribution in [0.1, 0.15) is 11.1 Å². The van der Waals surface area contributed by atoms with Crippen molar-refractivity contribution in [3.8, 4) is 0 Å². The van der Waals surface area contributed by atoms with E-state index in [0.717, 1.165) is 33.5 Å². The molecule has 0 aliphatic carbocycles. The van der Waals surface area contributed by atoms with Crippen molar-refractivity contribution in [3.63, 3.8) is 0 Å². The van der Waals surface area contributed by atoms with Crippen molar-refractivity contribution in [1.82, 2.24) is 0 Å². The molecule has 0 heterocycles. The molecule has 2 aromatic carbocycles. The first kappa shape index (κ1) is 22.1. The van der Waals surface area contributed by atoms with E-state index in [9.17, 15) is 0 Å². The number of hydrogen-bond acceptors (Lipinski definition) is 0. The second kappa shape index (κ2) is 8.41. The van der Waals surface area contributed by atoms with E-state index in [2.05, 4.69) is 156 Å². The SMILES string of the molecule is Brc1c(Br)c(Br)c(C(Br)(c2ccccc2)C(Br)(Br)Br)c(Br)c1Br. The molecule has 0 fully saturated rings. The van der Waals surface area contributed by atoms with Crippen molar-refractivity contribution in [3.05, 3.63) is 63.8 Å². The lowest BCUT2D eigenvalue weighted by Gasteiger charge is -2.38. The summed E-state index contributed by atoms with van der Waals surface area (Å²) in [5.74, 6) is 0. The average molecular weight is 892 g/mol. The minimum atomic E-state index is -0.640. The van der Waals surface area contributed by atoms with Gasteiger partial charge in [0, 0.05) is 27.9 Å². The predicted molar refractivity (Wildman–Crippen MR) is 131 cm³/mol. The summed E-state index contributed by atoms with van der Waals surface area (Å²) >= 11 is 33.4. The van der Waals surface area contributed by atoms with Crippen molar-refractivity contribution in [2.75, 3.05) is 0 Å².